The van der Waals surface area contributed by atoms with Gasteiger partial charge in [0.05, 0.1) is 6.10 Å². The van der Waals surface area contributed by atoms with Gasteiger partial charge in [-0.15, -0.1) is 0 Å². The fraction of sp³-hybridized carbons (Fsp3) is 0.333. The number of urea groups is 1. The molecule has 6 nitrogen and oxygen atoms in total. The maximum atomic E-state index is 11.6. The van der Waals surface area contributed by atoms with E-state index in [1.54, 1.807) is 12.1 Å². The number of hydrogen-bond acceptors (Lipinski definition) is 3. The molecule has 19 heavy (non-hydrogen) atoms. The summed E-state index contributed by atoms with van der Waals surface area (Å²) in [7, 11) is 0. The maximum absolute atomic E-state index is 11.6. The molecular formula is C12H15BrN2O4. The SMILES string of the molecule is Cc1ccc(NC(=O)N[C@H](C(=O)O)[C@@H](C)O)cc1Br. The molecule has 2 atom stereocenters. The third kappa shape index (κ3) is 4.53. The monoisotopic (exact) mass is 330 g/mol. The number of halogens is 1. The van der Waals surface area contributed by atoms with Crippen LogP contribution in [0, 0.1) is 6.92 Å². The topological polar surface area (TPSA) is 98.7 Å². The van der Waals surface area contributed by atoms with Crippen LogP contribution in [0.4, 0.5) is 10.5 Å². The molecule has 0 aliphatic carbocycles. The first-order valence-electron chi connectivity index (χ1n) is 5.56. The summed E-state index contributed by atoms with van der Waals surface area (Å²) >= 11 is 3.33. The molecule has 0 saturated heterocycles. The average Bonchev–Trinajstić information content (AvgIpc) is 2.30. The van der Waals surface area contributed by atoms with Crippen molar-refractivity contribution in [3.8, 4) is 0 Å². The lowest BCUT2D eigenvalue weighted by atomic mass is 10.2. The van der Waals surface area contributed by atoms with E-state index in [0.29, 0.717) is 5.69 Å². The predicted octanol–water partition coefficient (Wildman–Crippen LogP) is 1.71. The molecular weight excluding hydrogens is 316 g/mol. The van der Waals surface area contributed by atoms with Gasteiger partial charge in [-0.05, 0) is 31.5 Å². The maximum Gasteiger partial charge on any atom is 0.328 e. The van der Waals surface area contributed by atoms with Crippen LogP contribution in [-0.4, -0.2) is 34.4 Å². The second-order valence-electron chi connectivity index (χ2n) is 4.12. The summed E-state index contributed by atoms with van der Waals surface area (Å²) in [6.45, 7) is 3.20. The number of aliphatic hydroxyl groups excluding tert-OH is 1. The summed E-state index contributed by atoms with van der Waals surface area (Å²) in [5.41, 5.74) is 1.53. The zero-order valence-corrected chi connectivity index (χ0v) is 12.1. The molecule has 0 radical (unpaired) electrons. The number of aliphatic carboxylic acids is 1. The number of benzene rings is 1. The van der Waals surface area contributed by atoms with Crippen LogP contribution in [0.3, 0.4) is 0 Å². The highest BCUT2D eigenvalue weighted by molar-refractivity contribution is 9.10. The molecule has 1 aromatic carbocycles. The lowest BCUT2D eigenvalue weighted by molar-refractivity contribution is -0.141. The Labute approximate surface area is 118 Å². The van der Waals surface area contributed by atoms with Crippen LogP contribution in [0.15, 0.2) is 22.7 Å². The molecule has 1 aromatic rings. The first-order chi connectivity index (χ1) is 8.81. The van der Waals surface area contributed by atoms with Gasteiger partial charge in [-0.2, -0.15) is 0 Å². The van der Waals surface area contributed by atoms with Gasteiger partial charge in [0.25, 0.3) is 0 Å². The molecule has 4 N–H and O–H groups in total. The van der Waals surface area contributed by atoms with Gasteiger partial charge in [-0.1, -0.05) is 22.0 Å². The summed E-state index contributed by atoms with van der Waals surface area (Å²) in [4.78, 5) is 22.4. The molecule has 1 rings (SSSR count). The molecule has 104 valence electrons. The fourth-order valence-corrected chi connectivity index (χ4v) is 1.75. The van der Waals surface area contributed by atoms with Crippen LogP contribution in [0.25, 0.3) is 0 Å². The van der Waals surface area contributed by atoms with E-state index in [1.165, 1.54) is 6.92 Å². The van der Waals surface area contributed by atoms with Crippen molar-refractivity contribution in [2.24, 2.45) is 0 Å². The molecule has 2 amide bonds. The minimum atomic E-state index is -1.35. The number of aryl methyl sites for hydroxylation is 1. The van der Waals surface area contributed by atoms with Gasteiger partial charge in [0, 0.05) is 10.2 Å². The van der Waals surface area contributed by atoms with Crippen LogP contribution in [0.1, 0.15) is 12.5 Å². The number of carboxylic acid groups (broad SMARTS) is 1. The van der Waals surface area contributed by atoms with Crippen molar-refractivity contribution in [2.75, 3.05) is 5.32 Å². The normalized spacial score (nSPS) is 13.5. The summed E-state index contributed by atoms with van der Waals surface area (Å²) < 4.78 is 0.829. The lowest BCUT2D eigenvalue weighted by Crippen LogP contribution is -2.49. The Kier molecular flexibility index (Phi) is 5.31. The van der Waals surface area contributed by atoms with Gasteiger partial charge >= 0.3 is 12.0 Å². The fourth-order valence-electron chi connectivity index (χ4n) is 1.37. The molecule has 0 unspecified atom stereocenters. The Balaban J connectivity index is 2.69. The molecule has 0 fully saturated rings. The van der Waals surface area contributed by atoms with Gasteiger partial charge in [0.1, 0.15) is 0 Å². The Morgan fingerprint density at radius 2 is 2.00 bits per heavy atom. The van der Waals surface area contributed by atoms with E-state index in [1.807, 2.05) is 13.0 Å². The number of hydrogen-bond donors (Lipinski definition) is 4. The molecule has 0 spiro atoms. The van der Waals surface area contributed by atoms with Gasteiger partial charge in [-0.25, -0.2) is 9.59 Å². The van der Waals surface area contributed by atoms with Crippen molar-refractivity contribution < 1.29 is 19.8 Å². The highest BCUT2D eigenvalue weighted by Gasteiger charge is 2.24. The Hall–Kier alpha value is -1.60. The largest absolute Gasteiger partial charge is 0.480 e. The van der Waals surface area contributed by atoms with Crippen molar-refractivity contribution in [3.63, 3.8) is 0 Å². The first kappa shape index (κ1) is 15.5. The molecule has 7 heteroatoms. The quantitative estimate of drug-likeness (QED) is 0.675. The van der Waals surface area contributed by atoms with Crippen LogP contribution >= 0.6 is 15.9 Å². The molecule has 0 aliphatic heterocycles. The highest BCUT2D eigenvalue weighted by atomic mass is 79.9. The van der Waals surface area contributed by atoms with Gasteiger partial charge in [0.15, 0.2) is 6.04 Å². The first-order valence-corrected chi connectivity index (χ1v) is 6.35. The number of amides is 2. The minimum absolute atomic E-state index is 0.518. The van der Waals surface area contributed by atoms with Crippen molar-refractivity contribution in [2.45, 2.75) is 26.0 Å². The molecule has 0 saturated carbocycles. The van der Waals surface area contributed by atoms with Crippen LogP contribution < -0.4 is 10.6 Å². The van der Waals surface area contributed by atoms with Gasteiger partial charge in [0.2, 0.25) is 0 Å². The predicted molar refractivity (Wildman–Crippen MR) is 74.1 cm³/mol. The minimum Gasteiger partial charge on any atom is -0.480 e. The number of aliphatic hydroxyl groups is 1. The van der Waals surface area contributed by atoms with Crippen molar-refractivity contribution in [1.82, 2.24) is 5.32 Å². The molecule has 0 heterocycles. The summed E-state index contributed by atoms with van der Waals surface area (Å²) in [6, 6.07) is 3.16. The van der Waals surface area contributed by atoms with E-state index < -0.39 is 24.1 Å². The Morgan fingerprint density at radius 1 is 1.37 bits per heavy atom. The third-order valence-corrected chi connectivity index (χ3v) is 3.32. The zero-order valence-electron chi connectivity index (χ0n) is 10.5. The number of carboxylic acids is 1. The average molecular weight is 331 g/mol. The number of rotatable bonds is 4. The third-order valence-electron chi connectivity index (χ3n) is 2.46. The van der Waals surface area contributed by atoms with Crippen molar-refractivity contribution in [1.29, 1.82) is 0 Å². The van der Waals surface area contributed by atoms with E-state index in [2.05, 4.69) is 26.6 Å². The van der Waals surface area contributed by atoms with Crippen LogP contribution in [-0.2, 0) is 4.79 Å². The number of carbonyl (C=O) groups is 2. The molecule has 0 aromatic heterocycles. The lowest BCUT2D eigenvalue weighted by Gasteiger charge is -2.17. The van der Waals surface area contributed by atoms with Crippen molar-refractivity contribution in [3.05, 3.63) is 28.2 Å². The van der Waals surface area contributed by atoms with Crippen LogP contribution in [0.2, 0.25) is 0 Å². The number of carbonyl (C=O) groups excluding carboxylic acids is 1. The molecule has 0 bridgehead atoms. The molecule has 0 aliphatic rings. The zero-order chi connectivity index (χ0) is 14.6. The smallest absolute Gasteiger partial charge is 0.328 e. The van der Waals surface area contributed by atoms with E-state index in [0.717, 1.165) is 10.0 Å². The number of nitrogens with one attached hydrogen (secondary N) is 2. The van der Waals surface area contributed by atoms with E-state index in [4.69, 9.17) is 5.11 Å². The summed E-state index contributed by atoms with van der Waals surface area (Å²) in [5, 5.41) is 22.8. The Morgan fingerprint density at radius 3 is 2.47 bits per heavy atom. The second-order valence-corrected chi connectivity index (χ2v) is 4.97. The standard InChI is InChI=1S/C12H15BrN2O4/c1-6-3-4-8(5-9(6)13)14-12(19)15-10(7(2)16)11(17)18/h3-5,7,10,16H,1-2H3,(H,17,18)(H2,14,15,19)/t7-,10+/m1/s1. The Bertz CT molecular complexity index is 491. The van der Waals surface area contributed by atoms with E-state index in [-0.39, 0.29) is 0 Å². The van der Waals surface area contributed by atoms with Crippen LogP contribution in [0.5, 0.6) is 0 Å². The summed E-state index contributed by atoms with van der Waals surface area (Å²) in [5.74, 6) is -1.30. The van der Waals surface area contributed by atoms with Gasteiger partial charge < -0.3 is 20.8 Å². The second kappa shape index (κ2) is 6.53. The summed E-state index contributed by atoms with van der Waals surface area (Å²) in [6.07, 6.45) is -1.19. The highest BCUT2D eigenvalue weighted by Crippen LogP contribution is 2.20. The van der Waals surface area contributed by atoms with E-state index >= 15 is 0 Å². The van der Waals surface area contributed by atoms with Gasteiger partial charge in [-0.3, -0.25) is 0 Å². The van der Waals surface area contributed by atoms with Crippen molar-refractivity contribution >= 4 is 33.6 Å². The number of anilines is 1. The van der Waals surface area contributed by atoms with E-state index in [9.17, 15) is 14.7 Å².